The van der Waals surface area contributed by atoms with Crippen LogP contribution in [-0.2, 0) is 5.54 Å². The molecule has 0 atom stereocenters. The Hall–Kier alpha value is -0.930. The summed E-state index contributed by atoms with van der Waals surface area (Å²) < 4.78 is 0. The third-order valence-electron chi connectivity index (χ3n) is 3.88. The van der Waals surface area contributed by atoms with Crippen LogP contribution in [0.15, 0.2) is 12.1 Å². The lowest BCUT2D eigenvalue weighted by molar-refractivity contribution is 0.208. The van der Waals surface area contributed by atoms with Crippen molar-refractivity contribution in [3.8, 4) is 0 Å². The van der Waals surface area contributed by atoms with Crippen molar-refractivity contribution >= 4 is 34.9 Å². The second-order valence-corrected chi connectivity index (χ2v) is 5.85. The summed E-state index contributed by atoms with van der Waals surface area (Å²) in [7, 11) is 0. The minimum atomic E-state index is -0.260. The van der Waals surface area contributed by atoms with Gasteiger partial charge in [0.15, 0.2) is 0 Å². The maximum Gasteiger partial charge on any atom is 0.319 e. The van der Waals surface area contributed by atoms with Gasteiger partial charge >= 0.3 is 6.03 Å². The second-order valence-electron chi connectivity index (χ2n) is 5.03. The Morgan fingerprint density at radius 3 is 2.44 bits per heavy atom. The number of hydrogen-bond donors (Lipinski definition) is 2. The summed E-state index contributed by atoms with van der Waals surface area (Å²) in [5.41, 5.74) is 1.59. The highest BCUT2D eigenvalue weighted by Gasteiger charge is 2.40. The van der Waals surface area contributed by atoms with Gasteiger partial charge in [0.1, 0.15) is 0 Å². The van der Waals surface area contributed by atoms with Crippen molar-refractivity contribution in [3.05, 3.63) is 27.7 Å². The Morgan fingerprint density at radius 2 is 1.72 bits per heavy atom. The van der Waals surface area contributed by atoms with Crippen LogP contribution in [0.3, 0.4) is 0 Å². The van der Waals surface area contributed by atoms with E-state index in [1.54, 1.807) is 6.07 Å². The lowest BCUT2D eigenvalue weighted by Crippen LogP contribution is -2.52. The third kappa shape index (κ3) is 1.86. The number of carbonyl (C=O) groups is 1. The van der Waals surface area contributed by atoms with E-state index in [1.807, 2.05) is 6.07 Å². The van der Waals surface area contributed by atoms with Crippen molar-refractivity contribution in [1.82, 2.24) is 5.32 Å². The molecule has 0 unspecified atom stereocenters. The minimum absolute atomic E-state index is 0.150. The number of urea groups is 1. The fourth-order valence-corrected chi connectivity index (χ4v) is 3.36. The summed E-state index contributed by atoms with van der Waals surface area (Å²) >= 11 is 12.1. The molecule has 2 amide bonds. The van der Waals surface area contributed by atoms with Gasteiger partial charge in [0.05, 0.1) is 15.6 Å². The first-order chi connectivity index (χ1) is 8.61. The fourth-order valence-electron chi connectivity index (χ4n) is 3.03. The summed E-state index contributed by atoms with van der Waals surface area (Å²) in [6.07, 6.45) is 5.40. The Morgan fingerprint density at radius 1 is 1.06 bits per heavy atom. The second kappa shape index (κ2) is 4.32. The third-order valence-corrected chi connectivity index (χ3v) is 4.61. The normalized spacial score (nSPS) is 21.1. The summed E-state index contributed by atoms with van der Waals surface area (Å²) in [6, 6.07) is 3.48. The van der Waals surface area contributed by atoms with E-state index in [1.165, 1.54) is 6.42 Å². The number of rotatable bonds is 0. The first kappa shape index (κ1) is 12.1. The minimum Gasteiger partial charge on any atom is -0.328 e. The van der Waals surface area contributed by atoms with E-state index in [0.29, 0.717) is 10.0 Å². The SMILES string of the molecule is O=C1Nc2cc(Cl)c(Cl)cc2C2(CCCCC2)N1. The molecule has 5 heteroatoms. The molecule has 1 saturated carbocycles. The smallest absolute Gasteiger partial charge is 0.319 e. The molecule has 1 heterocycles. The van der Waals surface area contributed by atoms with Crippen LogP contribution in [0.5, 0.6) is 0 Å². The van der Waals surface area contributed by atoms with E-state index in [-0.39, 0.29) is 11.6 Å². The van der Waals surface area contributed by atoms with Crippen LogP contribution >= 0.6 is 23.2 Å². The van der Waals surface area contributed by atoms with Crippen molar-refractivity contribution in [2.45, 2.75) is 37.6 Å². The number of benzene rings is 1. The molecule has 18 heavy (non-hydrogen) atoms. The number of carbonyl (C=O) groups excluding carboxylic acids is 1. The van der Waals surface area contributed by atoms with E-state index < -0.39 is 0 Å². The molecule has 0 bridgehead atoms. The van der Waals surface area contributed by atoms with E-state index in [9.17, 15) is 4.79 Å². The lowest BCUT2D eigenvalue weighted by Gasteiger charge is -2.42. The van der Waals surface area contributed by atoms with Crippen LogP contribution in [0.2, 0.25) is 10.0 Å². The van der Waals surface area contributed by atoms with Crippen molar-refractivity contribution in [3.63, 3.8) is 0 Å². The van der Waals surface area contributed by atoms with Gasteiger partial charge in [-0.05, 0) is 25.0 Å². The number of hydrogen-bond acceptors (Lipinski definition) is 1. The Balaban J connectivity index is 2.14. The number of nitrogens with one attached hydrogen (secondary N) is 2. The average molecular weight is 285 g/mol. The van der Waals surface area contributed by atoms with Crippen LogP contribution in [0.1, 0.15) is 37.7 Å². The Bertz CT molecular complexity index is 510. The predicted molar refractivity (Wildman–Crippen MR) is 73.4 cm³/mol. The number of amides is 2. The van der Waals surface area contributed by atoms with Crippen LogP contribution in [0, 0.1) is 0 Å². The van der Waals surface area contributed by atoms with Gasteiger partial charge in [-0.25, -0.2) is 4.79 Å². The van der Waals surface area contributed by atoms with Gasteiger partial charge in [0.2, 0.25) is 0 Å². The molecule has 1 aliphatic carbocycles. The molecule has 1 aromatic rings. The van der Waals surface area contributed by atoms with E-state index in [4.69, 9.17) is 23.2 Å². The molecule has 1 spiro atoms. The molecule has 96 valence electrons. The van der Waals surface area contributed by atoms with Crippen LogP contribution in [0.4, 0.5) is 10.5 Å². The molecule has 2 N–H and O–H groups in total. The Kier molecular flexibility index (Phi) is 2.91. The van der Waals surface area contributed by atoms with Crippen molar-refractivity contribution in [2.75, 3.05) is 5.32 Å². The van der Waals surface area contributed by atoms with Crippen LogP contribution in [0.25, 0.3) is 0 Å². The van der Waals surface area contributed by atoms with Gasteiger partial charge in [-0.2, -0.15) is 0 Å². The van der Waals surface area contributed by atoms with Crippen molar-refractivity contribution in [2.24, 2.45) is 0 Å². The van der Waals surface area contributed by atoms with Gasteiger partial charge < -0.3 is 10.6 Å². The summed E-state index contributed by atoms with van der Waals surface area (Å²) in [5.74, 6) is 0. The van der Waals surface area contributed by atoms with Crippen molar-refractivity contribution in [1.29, 1.82) is 0 Å². The zero-order valence-electron chi connectivity index (χ0n) is 9.85. The highest BCUT2D eigenvalue weighted by atomic mass is 35.5. The lowest BCUT2D eigenvalue weighted by atomic mass is 9.75. The molecule has 0 aromatic heterocycles. The topological polar surface area (TPSA) is 41.1 Å². The highest BCUT2D eigenvalue weighted by Crippen LogP contribution is 2.44. The molecule has 2 aliphatic rings. The van der Waals surface area contributed by atoms with E-state index in [0.717, 1.165) is 36.9 Å². The predicted octanol–water partition coefficient (Wildman–Crippen LogP) is 4.29. The first-order valence-electron chi connectivity index (χ1n) is 6.19. The molecular weight excluding hydrogens is 271 g/mol. The van der Waals surface area contributed by atoms with Crippen LogP contribution < -0.4 is 10.6 Å². The fraction of sp³-hybridized carbons (Fsp3) is 0.462. The van der Waals surface area contributed by atoms with Gasteiger partial charge in [-0.15, -0.1) is 0 Å². The average Bonchev–Trinajstić information content (AvgIpc) is 2.33. The van der Waals surface area contributed by atoms with E-state index >= 15 is 0 Å². The zero-order chi connectivity index (χ0) is 12.8. The molecule has 3 rings (SSSR count). The molecule has 1 aliphatic heterocycles. The van der Waals surface area contributed by atoms with Crippen LogP contribution in [-0.4, -0.2) is 6.03 Å². The number of fused-ring (bicyclic) bond motifs is 2. The number of anilines is 1. The quantitative estimate of drug-likeness (QED) is 0.733. The monoisotopic (exact) mass is 284 g/mol. The molecule has 3 nitrogen and oxygen atoms in total. The molecule has 1 aromatic carbocycles. The largest absolute Gasteiger partial charge is 0.328 e. The van der Waals surface area contributed by atoms with Crippen molar-refractivity contribution < 1.29 is 4.79 Å². The van der Waals surface area contributed by atoms with E-state index in [2.05, 4.69) is 10.6 Å². The summed E-state index contributed by atoms with van der Waals surface area (Å²) in [4.78, 5) is 11.8. The van der Waals surface area contributed by atoms with Gasteiger partial charge in [-0.1, -0.05) is 42.5 Å². The summed E-state index contributed by atoms with van der Waals surface area (Å²) in [6.45, 7) is 0. The van der Waals surface area contributed by atoms with Gasteiger partial charge in [0.25, 0.3) is 0 Å². The summed E-state index contributed by atoms with van der Waals surface area (Å²) in [5, 5.41) is 6.90. The Labute approximate surface area is 116 Å². The van der Waals surface area contributed by atoms with Gasteiger partial charge in [0, 0.05) is 11.3 Å². The highest BCUT2D eigenvalue weighted by molar-refractivity contribution is 6.42. The maximum absolute atomic E-state index is 11.8. The molecule has 0 saturated heterocycles. The first-order valence-corrected chi connectivity index (χ1v) is 6.95. The standard InChI is InChI=1S/C13H14Cl2N2O/c14-9-6-8-11(7-10(9)15)16-12(18)17-13(8)4-2-1-3-5-13/h6-7H,1-5H2,(H2,16,17,18). The molecule has 0 radical (unpaired) electrons. The molecule has 1 fully saturated rings. The zero-order valence-corrected chi connectivity index (χ0v) is 11.4. The maximum atomic E-state index is 11.8. The van der Waals surface area contributed by atoms with Gasteiger partial charge in [-0.3, -0.25) is 0 Å². The molecular formula is C13H14Cl2N2O. The number of halogens is 2.